The first-order chi connectivity index (χ1) is 14.6. The topological polar surface area (TPSA) is 0 Å². The van der Waals surface area contributed by atoms with Gasteiger partial charge in [0.2, 0.25) is 0 Å². The zero-order chi connectivity index (χ0) is 23.0. The third-order valence-corrected chi connectivity index (χ3v) is 13.6. The Morgan fingerprint density at radius 2 is 0.971 bits per heavy atom. The maximum absolute atomic E-state index is 4.02. The molecule has 0 heterocycles. The molecule has 1 atom stereocenters. The van der Waals surface area contributed by atoms with Crippen molar-refractivity contribution in [1.29, 1.82) is 0 Å². The van der Waals surface area contributed by atoms with Crippen LogP contribution < -0.4 is 47.6 Å². The Morgan fingerprint density at radius 1 is 0.657 bits per heavy atom. The molecule has 1 unspecified atom stereocenters. The van der Waals surface area contributed by atoms with Gasteiger partial charge in [0.1, 0.15) is 8.07 Å². The third-order valence-electron chi connectivity index (χ3n) is 8.21. The van der Waals surface area contributed by atoms with Crippen molar-refractivity contribution in [3.63, 3.8) is 0 Å². The van der Waals surface area contributed by atoms with Crippen molar-refractivity contribution in [2.75, 3.05) is 0 Å². The zero-order valence-electron chi connectivity index (χ0n) is 22.9. The van der Waals surface area contributed by atoms with Crippen LogP contribution in [0.1, 0.15) is 77.6 Å². The van der Waals surface area contributed by atoms with Crippen LogP contribution in [0.4, 0.5) is 0 Å². The summed E-state index contributed by atoms with van der Waals surface area (Å²) in [4.78, 5) is 0. The van der Waals surface area contributed by atoms with E-state index in [1.165, 1.54) is 39.0 Å². The van der Waals surface area contributed by atoms with E-state index in [4.69, 9.17) is 0 Å². The van der Waals surface area contributed by atoms with Gasteiger partial charge < -0.3 is 37.2 Å². The van der Waals surface area contributed by atoms with Gasteiger partial charge in [0, 0.05) is 0 Å². The van der Waals surface area contributed by atoms with Crippen molar-refractivity contribution < 1.29 is 58.9 Å². The molecule has 5 heteroatoms. The van der Waals surface area contributed by atoms with Gasteiger partial charge in [0.05, 0.1) is 0 Å². The van der Waals surface area contributed by atoms with Gasteiger partial charge in [-0.05, 0) is 47.9 Å². The molecule has 0 saturated carbocycles. The molecule has 35 heavy (non-hydrogen) atoms. The van der Waals surface area contributed by atoms with E-state index in [0.717, 1.165) is 25.7 Å². The monoisotopic (exact) mass is 582 g/mol. The smallest absolute Gasteiger partial charge is 1.00 e. The van der Waals surface area contributed by atoms with E-state index >= 15 is 0 Å². The van der Waals surface area contributed by atoms with Crippen molar-refractivity contribution in [3.05, 3.63) is 81.4 Å². The van der Waals surface area contributed by atoms with Crippen LogP contribution in [0.5, 0.6) is 0 Å². The van der Waals surface area contributed by atoms with Crippen LogP contribution >= 0.6 is 0 Å². The molecule has 0 aromatic heterocycles. The number of halogens is 3. The normalized spacial score (nSPS) is 17.0. The summed E-state index contributed by atoms with van der Waals surface area (Å²) in [5.74, 6) is 0. The standard InChI is InChI=1S/C30H41Si.3ClH.Ti/c1-10-24-14-25(11-2)17-28(16-24)31(9,30(8)20-21(5)22(6)23(30)7)29-18-26(12-3)15-27(13-4)19-29;;;;/h14-19H,10-13H2,1-9H3;3*1H;/q-1;;;;+4/p-3. The van der Waals surface area contributed by atoms with Gasteiger partial charge in [-0.1, -0.05) is 107 Å². The molecule has 0 fully saturated rings. The number of aryl methyl sites for hydroxylation is 4. The first-order valence-electron chi connectivity index (χ1n) is 12.2. The average Bonchev–Trinajstić information content (AvgIpc) is 3.00. The Balaban J connectivity index is 0. The quantitative estimate of drug-likeness (QED) is 0.261. The molecule has 0 nitrogen and oxygen atoms in total. The number of hydrogen-bond donors (Lipinski definition) is 0. The molecule has 0 bridgehead atoms. The van der Waals surface area contributed by atoms with Crippen LogP contribution in [-0.4, -0.2) is 8.07 Å². The molecule has 2 aromatic carbocycles. The number of allylic oxidation sites excluding steroid dienone is 4. The fourth-order valence-electron chi connectivity index (χ4n) is 5.38. The first-order valence-corrected chi connectivity index (χ1v) is 14.7. The number of rotatable bonds is 7. The Kier molecular flexibility index (Phi) is 15.4. The Hall–Kier alpha value is -0.279. The molecule has 1 aliphatic rings. The molecular formula is C30H41Cl3SiTi. The molecule has 1 aliphatic carbocycles. The molecule has 3 rings (SSSR count). The molecule has 0 saturated heterocycles. The van der Waals surface area contributed by atoms with E-state index in [1.54, 1.807) is 10.4 Å². The minimum Gasteiger partial charge on any atom is -1.00 e. The van der Waals surface area contributed by atoms with Crippen LogP contribution in [0.3, 0.4) is 0 Å². The van der Waals surface area contributed by atoms with Crippen molar-refractivity contribution in [2.45, 2.75) is 92.7 Å². The average molecular weight is 584 g/mol. The zero-order valence-corrected chi connectivity index (χ0v) is 27.8. The van der Waals surface area contributed by atoms with Crippen LogP contribution in [0.25, 0.3) is 0 Å². The molecule has 0 aliphatic heterocycles. The van der Waals surface area contributed by atoms with Gasteiger partial charge in [-0.25, -0.2) is 5.57 Å². The molecular weight excluding hydrogens is 543 g/mol. The van der Waals surface area contributed by atoms with E-state index in [1.807, 2.05) is 0 Å². The van der Waals surface area contributed by atoms with Crippen LogP contribution in [0.15, 0.2) is 53.1 Å². The van der Waals surface area contributed by atoms with Gasteiger partial charge in [-0.15, -0.1) is 6.92 Å². The van der Waals surface area contributed by atoms with Crippen LogP contribution in [0.2, 0.25) is 11.6 Å². The van der Waals surface area contributed by atoms with E-state index in [0.29, 0.717) is 0 Å². The molecule has 0 N–H and O–H groups in total. The van der Waals surface area contributed by atoms with E-state index in [2.05, 4.69) is 104 Å². The van der Waals surface area contributed by atoms with Crippen LogP contribution in [-0.2, 0) is 47.4 Å². The van der Waals surface area contributed by atoms with E-state index in [9.17, 15) is 0 Å². The summed E-state index contributed by atoms with van der Waals surface area (Å²) in [6.45, 7) is 21.1. The van der Waals surface area contributed by atoms with Gasteiger partial charge >= 0.3 is 21.7 Å². The molecule has 0 spiro atoms. The van der Waals surface area contributed by atoms with Gasteiger partial charge in [-0.2, -0.15) is 11.1 Å². The number of hydrogen-bond acceptors (Lipinski definition) is 0. The van der Waals surface area contributed by atoms with Crippen molar-refractivity contribution >= 4 is 18.4 Å². The predicted octanol–water partition coefficient (Wildman–Crippen LogP) is -2.00. The Morgan fingerprint density at radius 3 is 1.20 bits per heavy atom. The minimum absolute atomic E-state index is 0. The molecule has 2 aromatic rings. The maximum Gasteiger partial charge on any atom is 4.00 e. The van der Waals surface area contributed by atoms with Gasteiger partial charge in [0.25, 0.3) is 0 Å². The Bertz CT molecular complexity index is 958. The summed E-state index contributed by atoms with van der Waals surface area (Å²) in [5, 5.41) is 3.09. The van der Waals surface area contributed by atoms with Crippen molar-refractivity contribution in [3.8, 4) is 0 Å². The molecule has 0 radical (unpaired) electrons. The molecule has 190 valence electrons. The van der Waals surface area contributed by atoms with Gasteiger partial charge in [-0.3, -0.25) is 6.08 Å². The minimum atomic E-state index is -2.22. The fraction of sp³-hybridized carbons (Fsp3) is 0.467. The van der Waals surface area contributed by atoms with Crippen molar-refractivity contribution in [2.24, 2.45) is 0 Å². The second-order valence-corrected chi connectivity index (χ2v) is 14.1. The first kappa shape index (κ1) is 36.9. The fourth-order valence-corrected chi connectivity index (χ4v) is 10.1. The second-order valence-electron chi connectivity index (χ2n) is 9.74. The summed E-state index contributed by atoms with van der Waals surface area (Å²) in [5.41, 5.74) is 10.2. The third kappa shape index (κ3) is 6.60. The van der Waals surface area contributed by atoms with Gasteiger partial charge in [0.15, 0.2) is 0 Å². The summed E-state index contributed by atoms with van der Waals surface area (Å²) < 4.78 is 0. The maximum atomic E-state index is 4.02. The van der Waals surface area contributed by atoms with E-state index < -0.39 is 8.07 Å². The molecule has 0 amide bonds. The second kappa shape index (κ2) is 14.6. The van der Waals surface area contributed by atoms with Crippen LogP contribution in [0, 0.1) is 6.08 Å². The van der Waals surface area contributed by atoms with E-state index in [-0.39, 0.29) is 64.0 Å². The van der Waals surface area contributed by atoms with Crippen molar-refractivity contribution in [1.82, 2.24) is 0 Å². The summed E-state index contributed by atoms with van der Waals surface area (Å²) in [6, 6.07) is 14.9. The number of benzene rings is 2. The Labute approximate surface area is 250 Å². The summed E-state index contributed by atoms with van der Waals surface area (Å²) >= 11 is 0. The summed E-state index contributed by atoms with van der Waals surface area (Å²) in [6.07, 6.45) is 8.37. The largest absolute Gasteiger partial charge is 4.00 e. The predicted molar refractivity (Wildman–Crippen MR) is 140 cm³/mol. The summed E-state index contributed by atoms with van der Waals surface area (Å²) in [7, 11) is -2.22. The SMILES string of the molecule is CCc1cc(CC)cc([Si](C)(c2cc(CC)cc(CC)c2)C2(C)[C-]=C(C)C(C)=C2C)c1.[Cl-].[Cl-].[Cl-].[Ti+4].